The first-order valence-electron chi connectivity index (χ1n) is 4.29. The molecule has 7 heteroatoms. The average Bonchev–Trinajstić information content (AvgIpc) is 2.74. The fourth-order valence-corrected chi connectivity index (χ4v) is 1.10. The largest absolute Gasteiger partial charge is 0.331 e. The van der Waals surface area contributed by atoms with Crippen molar-refractivity contribution in [2.45, 2.75) is 0 Å². The van der Waals surface area contributed by atoms with Crippen LogP contribution in [0.4, 0.5) is 14.7 Å². The molecule has 5 nitrogen and oxygen atoms in total. The topological polar surface area (TPSA) is 70.7 Å². The van der Waals surface area contributed by atoms with Gasteiger partial charge in [-0.1, -0.05) is 0 Å². The lowest BCUT2D eigenvalue weighted by Crippen LogP contribution is -2.15. The van der Waals surface area contributed by atoms with Crippen LogP contribution in [0.1, 0.15) is 10.4 Å². The smallest absolute Gasteiger partial charge is 0.261 e. The van der Waals surface area contributed by atoms with Crippen molar-refractivity contribution in [3.05, 3.63) is 42.0 Å². The lowest BCUT2D eigenvalue weighted by Gasteiger charge is -2.02. The Bertz CT molecular complexity index is 512. The molecule has 0 saturated heterocycles. The summed E-state index contributed by atoms with van der Waals surface area (Å²) in [5, 5.41) is 2.27. The molecule has 0 bridgehead atoms. The fraction of sp³-hybridized carbons (Fsp3) is 0. The molecule has 0 aliphatic carbocycles. The van der Waals surface area contributed by atoms with Crippen LogP contribution in [0.15, 0.2) is 24.7 Å². The van der Waals surface area contributed by atoms with E-state index in [9.17, 15) is 13.6 Å². The van der Waals surface area contributed by atoms with Gasteiger partial charge in [-0.25, -0.2) is 14.4 Å². The number of hydrogen-bond acceptors (Lipinski definition) is 3. The van der Waals surface area contributed by atoms with Gasteiger partial charge in [-0.05, 0) is 6.07 Å². The highest BCUT2D eigenvalue weighted by molar-refractivity contribution is 6.03. The summed E-state index contributed by atoms with van der Waals surface area (Å²) in [6, 6.07) is 1.08. The molecule has 0 fully saturated rings. The number of nitrogens with zero attached hydrogens (tertiary/aromatic N) is 2. The molecule has 2 heterocycles. The van der Waals surface area contributed by atoms with E-state index >= 15 is 0 Å². The normalized spacial score (nSPS) is 10.1. The zero-order chi connectivity index (χ0) is 11.5. The van der Waals surface area contributed by atoms with E-state index in [-0.39, 0.29) is 5.95 Å². The van der Waals surface area contributed by atoms with E-state index in [1.165, 1.54) is 12.4 Å². The average molecular weight is 224 g/mol. The number of carbonyl (C=O) groups is 1. The van der Waals surface area contributed by atoms with E-state index in [0.717, 1.165) is 12.3 Å². The summed E-state index contributed by atoms with van der Waals surface area (Å²) in [4.78, 5) is 20.9. The van der Waals surface area contributed by atoms with Crippen LogP contribution in [0.25, 0.3) is 0 Å². The lowest BCUT2D eigenvalue weighted by molar-refractivity contribution is 0.102. The number of aromatic amines is 1. The van der Waals surface area contributed by atoms with Crippen molar-refractivity contribution >= 4 is 11.9 Å². The van der Waals surface area contributed by atoms with Gasteiger partial charge >= 0.3 is 0 Å². The van der Waals surface area contributed by atoms with Gasteiger partial charge in [-0.15, -0.1) is 0 Å². The molecule has 2 N–H and O–H groups in total. The molecule has 0 spiro atoms. The van der Waals surface area contributed by atoms with Gasteiger partial charge in [0.25, 0.3) is 5.91 Å². The first-order chi connectivity index (χ1) is 7.68. The fourth-order valence-electron chi connectivity index (χ4n) is 1.10. The molecule has 82 valence electrons. The quantitative estimate of drug-likeness (QED) is 0.756. The second kappa shape index (κ2) is 4.05. The number of amides is 1. The third kappa shape index (κ3) is 1.88. The third-order valence-electron chi connectivity index (χ3n) is 1.82. The van der Waals surface area contributed by atoms with Crippen molar-refractivity contribution in [3.63, 3.8) is 0 Å². The van der Waals surface area contributed by atoms with Gasteiger partial charge in [0.1, 0.15) is 0 Å². The molecule has 0 unspecified atom stereocenters. The molecule has 0 aromatic carbocycles. The minimum Gasteiger partial charge on any atom is -0.331 e. The van der Waals surface area contributed by atoms with Crippen LogP contribution in [0.5, 0.6) is 0 Å². The Hall–Kier alpha value is -2.31. The van der Waals surface area contributed by atoms with Gasteiger partial charge in [0.15, 0.2) is 5.82 Å². The first-order valence-corrected chi connectivity index (χ1v) is 4.29. The molecule has 2 aromatic rings. The number of carbonyl (C=O) groups excluding carboxylic acids is 1. The predicted molar refractivity (Wildman–Crippen MR) is 50.7 cm³/mol. The van der Waals surface area contributed by atoms with E-state index < -0.39 is 23.2 Å². The molecule has 0 aliphatic heterocycles. The van der Waals surface area contributed by atoms with Crippen LogP contribution in [-0.4, -0.2) is 20.9 Å². The minimum absolute atomic E-state index is 0.154. The van der Waals surface area contributed by atoms with Gasteiger partial charge in [-0.2, -0.15) is 4.39 Å². The van der Waals surface area contributed by atoms with Crippen LogP contribution in [0.2, 0.25) is 0 Å². The Kier molecular flexibility index (Phi) is 2.59. The van der Waals surface area contributed by atoms with Crippen molar-refractivity contribution in [2.24, 2.45) is 0 Å². The summed E-state index contributed by atoms with van der Waals surface area (Å²) >= 11 is 0. The maximum Gasteiger partial charge on any atom is 0.261 e. The number of aromatic nitrogens is 3. The highest BCUT2D eigenvalue weighted by Gasteiger charge is 2.16. The van der Waals surface area contributed by atoms with Crippen molar-refractivity contribution < 1.29 is 13.6 Å². The van der Waals surface area contributed by atoms with Gasteiger partial charge < -0.3 is 4.98 Å². The van der Waals surface area contributed by atoms with Crippen molar-refractivity contribution in [2.75, 3.05) is 5.32 Å². The molecule has 16 heavy (non-hydrogen) atoms. The summed E-state index contributed by atoms with van der Waals surface area (Å²) in [7, 11) is 0. The van der Waals surface area contributed by atoms with E-state index in [1.807, 2.05) is 0 Å². The second-order valence-electron chi connectivity index (χ2n) is 2.86. The molecular weight excluding hydrogens is 218 g/mol. The molecule has 0 aliphatic rings. The van der Waals surface area contributed by atoms with E-state index in [4.69, 9.17) is 0 Å². The van der Waals surface area contributed by atoms with Gasteiger partial charge in [0.05, 0.1) is 5.56 Å². The third-order valence-corrected chi connectivity index (χ3v) is 1.82. The van der Waals surface area contributed by atoms with Gasteiger partial charge in [0.2, 0.25) is 11.9 Å². The molecule has 0 radical (unpaired) electrons. The first kappa shape index (κ1) is 10.2. The molecule has 0 atom stereocenters. The number of imidazole rings is 1. The van der Waals surface area contributed by atoms with Crippen molar-refractivity contribution in [1.29, 1.82) is 0 Å². The summed E-state index contributed by atoms with van der Waals surface area (Å²) in [5.41, 5.74) is -0.427. The Balaban J connectivity index is 2.24. The number of hydrogen-bond donors (Lipinski definition) is 2. The van der Waals surface area contributed by atoms with Crippen LogP contribution in [0.3, 0.4) is 0 Å². The molecule has 1 amide bonds. The van der Waals surface area contributed by atoms with Crippen LogP contribution in [0, 0.1) is 11.8 Å². The zero-order valence-corrected chi connectivity index (χ0v) is 7.87. The lowest BCUT2D eigenvalue weighted by atomic mass is 10.2. The highest BCUT2D eigenvalue weighted by atomic mass is 19.2. The van der Waals surface area contributed by atoms with Crippen LogP contribution < -0.4 is 5.32 Å². The monoisotopic (exact) mass is 224 g/mol. The van der Waals surface area contributed by atoms with E-state index in [0.29, 0.717) is 0 Å². The Morgan fingerprint density at radius 2 is 2.12 bits per heavy atom. The molecular formula is C9H6F2N4O. The number of pyridine rings is 1. The Morgan fingerprint density at radius 1 is 1.31 bits per heavy atom. The number of halogens is 2. The van der Waals surface area contributed by atoms with Gasteiger partial charge in [0, 0.05) is 18.6 Å². The van der Waals surface area contributed by atoms with E-state index in [1.54, 1.807) is 0 Å². The van der Waals surface area contributed by atoms with Gasteiger partial charge in [-0.3, -0.25) is 10.1 Å². The molecule has 2 aromatic heterocycles. The molecule has 0 saturated carbocycles. The number of nitrogens with one attached hydrogen (secondary N) is 2. The zero-order valence-electron chi connectivity index (χ0n) is 7.87. The summed E-state index contributed by atoms with van der Waals surface area (Å²) in [5.74, 6) is -3.24. The number of rotatable bonds is 2. The Labute approximate surface area is 88.5 Å². The minimum atomic E-state index is -1.31. The second-order valence-corrected chi connectivity index (χ2v) is 2.86. The number of anilines is 1. The highest BCUT2D eigenvalue weighted by Crippen LogP contribution is 2.10. The van der Waals surface area contributed by atoms with Crippen LogP contribution >= 0.6 is 0 Å². The standard InChI is InChI=1S/C9H6F2N4O/c10-6-5(1-2-12-7(6)11)8(16)15-9-13-3-4-14-9/h1-4H,(H2,13,14,15,16). The SMILES string of the molecule is O=C(Nc1ncc[nH]1)c1ccnc(F)c1F. The van der Waals surface area contributed by atoms with Crippen molar-refractivity contribution in [3.8, 4) is 0 Å². The van der Waals surface area contributed by atoms with Crippen LogP contribution in [-0.2, 0) is 0 Å². The predicted octanol–water partition coefficient (Wildman–Crippen LogP) is 1.34. The molecule has 2 rings (SSSR count). The maximum absolute atomic E-state index is 13.2. The summed E-state index contributed by atoms with van der Waals surface area (Å²) in [6.07, 6.45) is 3.91. The Morgan fingerprint density at radius 3 is 2.81 bits per heavy atom. The summed E-state index contributed by atoms with van der Waals surface area (Å²) < 4.78 is 25.9. The van der Waals surface area contributed by atoms with Crippen molar-refractivity contribution in [1.82, 2.24) is 15.0 Å². The summed E-state index contributed by atoms with van der Waals surface area (Å²) in [6.45, 7) is 0. The van der Waals surface area contributed by atoms with E-state index in [2.05, 4.69) is 20.3 Å². The number of H-pyrrole nitrogens is 1. The maximum atomic E-state index is 13.2.